The van der Waals surface area contributed by atoms with E-state index in [0.29, 0.717) is 10.8 Å². The van der Waals surface area contributed by atoms with Gasteiger partial charge in [-0.1, -0.05) is 24.4 Å². The molecule has 3 N–H and O–H groups in total. The predicted octanol–water partition coefficient (Wildman–Crippen LogP) is 2.20. The highest BCUT2D eigenvalue weighted by Crippen LogP contribution is 2.20. The Morgan fingerprint density at radius 1 is 1.45 bits per heavy atom. The van der Waals surface area contributed by atoms with Gasteiger partial charge in [-0.15, -0.1) is 0 Å². The van der Waals surface area contributed by atoms with E-state index in [4.69, 9.17) is 11.6 Å². The number of carbonyl (C=O) groups excluding carboxylic acids is 1. The molecule has 1 aliphatic rings. The highest BCUT2D eigenvalue weighted by molar-refractivity contribution is 6.33. The molecule has 0 aromatic carbocycles. The summed E-state index contributed by atoms with van der Waals surface area (Å²) in [7, 11) is 0. The fraction of sp³-hybridized carbons (Fsp3) is 0.571. The summed E-state index contributed by atoms with van der Waals surface area (Å²) in [4.78, 5) is 16.5. The third kappa shape index (κ3) is 3.61. The zero-order chi connectivity index (χ0) is 14.5. The van der Waals surface area contributed by atoms with Crippen molar-refractivity contribution < 1.29 is 9.90 Å². The smallest absolute Gasteiger partial charge is 0.271 e. The Bertz CT molecular complexity index is 481. The summed E-state index contributed by atoms with van der Waals surface area (Å²) in [5.74, 6) is 0.284. The molecule has 1 aromatic heterocycles. The van der Waals surface area contributed by atoms with Crippen LogP contribution in [0.5, 0.6) is 0 Å². The third-order valence-corrected chi connectivity index (χ3v) is 3.77. The van der Waals surface area contributed by atoms with Gasteiger partial charge in [0, 0.05) is 6.54 Å². The molecule has 1 saturated carbocycles. The molecule has 110 valence electrons. The van der Waals surface area contributed by atoms with E-state index in [1.165, 1.54) is 0 Å². The number of nitrogens with zero attached hydrogens (tertiary/aromatic N) is 1. The standard InChI is InChI=1S/C14H20ClN3O2/c1-2-16-12-8-7-9(15)13(18-12)14(20)17-10-5-3-4-6-11(10)19/h7-8,10-11,19H,2-6H2,1H3,(H,16,18)(H,17,20). The van der Waals surface area contributed by atoms with Gasteiger partial charge in [-0.05, 0) is 31.9 Å². The lowest BCUT2D eigenvalue weighted by Gasteiger charge is -2.28. The average molecular weight is 298 g/mol. The summed E-state index contributed by atoms with van der Waals surface area (Å²) in [5.41, 5.74) is 0.197. The fourth-order valence-corrected chi connectivity index (χ4v) is 2.59. The summed E-state index contributed by atoms with van der Waals surface area (Å²) >= 11 is 6.03. The number of hydrogen-bond donors (Lipinski definition) is 3. The fourth-order valence-electron chi connectivity index (χ4n) is 2.40. The number of pyridine rings is 1. The Morgan fingerprint density at radius 2 is 2.20 bits per heavy atom. The second-order valence-corrected chi connectivity index (χ2v) is 5.40. The molecule has 1 heterocycles. The van der Waals surface area contributed by atoms with Gasteiger partial charge < -0.3 is 15.7 Å². The maximum atomic E-state index is 12.2. The molecule has 0 bridgehead atoms. The number of nitrogens with one attached hydrogen (secondary N) is 2. The summed E-state index contributed by atoms with van der Waals surface area (Å²) in [6.45, 7) is 2.67. The van der Waals surface area contributed by atoms with E-state index >= 15 is 0 Å². The van der Waals surface area contributed by atoms with E-state index in [1.807, 2.05) is 6.92 Å². The molecule has 1 fully saturated rings. The second kappa shape index (κ2) is 6.90. The Labute approximate surface area is 123 Å². The van der Waals surface area contributed by atoms with E-state index < -0.39 is 6.10 Å². The molecule has 1 aliphatic carbocycles. The lowest BCUT2D eigenvalue weighted by Crippen LogP contribution is -2.45. The maximum absolute atomic E-state index is 12.2. The number of carbonyl (C=O) groups is 1. The minimum atomic E-state index is -0.483. The zero-order valence-corrected chi connectivity index (χ0v) is 12.3. The van der Waals surface area contributed by atoms with Crippen LogP contribution in [0.3, 0.4) is 0 Å². The van der Waals surface area contributed by atoms with E-state index in [0.717, 1.165) is 32.2 Å². The largest absolute Gasteiger partial charge is 0.391 e. The van der Waals surface area contributed by atoms with Crippen molar-refractivity contribution in [3.63, 3.8) is 0 Å². The van der Waals surface area contributed by atoms with Gasteiger partial charge in [0.05, 0.1) is 17.2 Å². The van der Waals surface area contributed by atoms with Gasteiger partial charge in [0.25, 0.3) is 5.91 Å². The SMILES string of the molecule is CCNc1ccc(Cl)c(C(=O)NC2CCCCC2O)n1. The minimum absolute atomic E-state index is 0.197. The quantitative estimate of drug-likeness (QED) is 0.796. The van der Waals surface area contributed by atoms with Crippen molar-refractivity contribution in [2.75, 3.05) is 11.9 Å². The van der Waals surface area contributed by atoms with E-state index in [1.54, 1.807) is 12.1 Å². The van der Waals surface area contributed by atoms with Crippen molar-refractivity contribution in [3.8, 4) is 0 Å². The van der Waals surface area contributed by atoms with Crippen LogP contribution < -0.4 is 10.6 Å². The first kappa shape index (κ1) is 15.1. The average Bonchev–Trinajstić information content (AvgIpc) is 2.43. The molecular formula is C14H20ClN3O2. The Balaban J connectivity index is 2.09. The van der Waals surface area contributed by atoms with Gasteiger partial charge in [0.2, 0.25) is 0 Å². The second-order valence-electron chi connectivity index (χ2n) is 4.99. The van der Waals surface area contributed by atoms with Gasteiger partial charge in [0.1, 0.15) is 11.5 Å². The Hall–Kier alpha value is -1.33. The summed E-state index contributed by atoms with van der Waals surface area (Å²) in [5, 5.41) is 16.1. The van der Waals surface area contributed by atoms with E-state index in [9.17, 15) is 9.90 Å². The van der Waals surface area contributed by atoms with Gasteiger partial charge in [-0.2, -0.15) is 0 Å². The normalized spacial score (nSPS) is 22.4. The molecule has 5 nitrogen and oxygen atoms in total. The van der Waals surface area contributed by atoms with Crippen LogP contribution in [0.4, 0.5) is 5.82 Å². The monoisotopic (exact) mass is 297 g/mol. The molecule has 0 saturated heterocycles. The number of anilines is 1. The van der Waals surface area contributed by atoms with Crippen molar-refractivity contribution in [3.05, 3.63) is 22.8 Å². The summed E-state index contributed by atoms with van der Waals surface area (Å²) in [6.07, 6.45) is 3.05. The summed E-state index contributed by atoms with van der Waals surface area (Å²) in [6, 6.07) is 3.17. The number of amides is 1. The lowest BCUT2D eigenvalue weighted by molar-refractivity contribution is 0.0714. The highest BCUT2D eigenvalue weighted by atomic mass is 35.5. The predicted molar refractivity (Wildman–Crippen MR) is 79.1 cm³/mol. The van der Waals surface area contributed by atoms with Crippen LogP contribution in [0.1, 0.15) is 43.1 Å². The Morgan fingerprint density at radius 3 is 2.90 bits per heavy atom. The molecule has 1 amide bonds. The molecule has 20 heavy (non-hydrogen) atoms. The van der Waals surface area contributed by atoms with Gasteiger partial charge in [0.15, 0.2) is 0 Å². The number of aliphatic hydroxyl groups is 1. The van der Waals surface area contributed by atoms with Crippen LogP contribution in [-0.2, 0) is 0 Å². The molecule has 2 unspecified atom stereocenters. The van der Waals surface area contributed by atoms with Crippen LogP contribution >= 0.6 is 11.6 Å². The number of hydrogen-bond acceptors (Lipinski definition) is 4. The van der Waals surface area contributed by atoms with Crippen LogP contribution in [0.25, 0.3) is 0 Å². The molecular weight excluding hydrogens is 278 g/mol. The van der Waals surface area contributed by atoms with Crippen molar-refractivity contribution in [2.45, 2.75) is 44.8 Å². The van der Waals surface area contributed by atoms with Crippen molar-refractivity contribution in [2.24, 2.45) is 0 Å². The van der Waals surface area contributed by atoms with E-state index in [2.05, 4.69) is 15.6 Å². The molecule has 1 aromatic rings. The number of aliphatic hydroxyl groups excluding tert-OH is 1. The maximum Gasteiger partial charge on any atom is 0.271 e. The topological polar surface area (TPSA) is 74.2 Å². The number of halogens is 1. The third-order valence-electron chi connectivity index (χ3n) is 3.46. The van der Waals surface area contributed by atoms with Gasteiger partial charge in [-0.3, -0.25) is 4.79 Å². The zero-order valence-electron chi connectivity index (χ0n) is 11.5. The molecule has 6 heteroatoms. The molecule has 0 spiro atoms. The number of rotatable bonds is 4. The van der Waals surface area contributed by atoms with Crippen LogP contribution in [0.15, 0.2) is 12.1 Å². The van der Waals surface area contributed by atoms with Crippen molar-refractivity contribution >= 4 is 23.3 Å². The molecule has 0 aliphatic heterocycles. The molecule has 2 rings (SSSR count). The van der Waals surface area contributed by atoms with Crippen molar-refractivity contribution in [1.29, 1.82) is 0 Å². The molecule has 0 radical (unpaired) electrons. The highest BCUT2D eigenvalue weighted by Gasteiger charge is 2.26. The first-order valence-corrected chi connectivity index (χ1v) is 7.39. The number of aromatic nitrogens is 1. The van der Waals surface area contributed by atoms with Crippen molar-refractivity contribution in [1.82, 2.24) is 10.3 Å². The Kier molecular flexibility index (Phi) is 5.20. The first-order chi connectivity index (χ1) is 9.61. The van der Waals surface area contributed by atoms with E-state index in [-0.39, 0.29) is 17.6 Å². The van der Waals surface area contributed by atoms with Gasteiger partial charge >= 0.3 is 0 Å². The summed E-state index contributed by atoms with van der Waals surface area (Å²) < 4.78 is 0. The van der Waals surface area contributed by atoms with Gasteiger partial charge in [-0.25, -0.2) is 4.98 Å². The van der Waals surface area contributed by atoms with Crippen LogP contribution in [-0.4, -0.2) is 34.7 Å². The first-order valence-electron chi connectivity index (χ1n) is 7.01. The lowest BCUT2D eigenvalue weighted by atomic mass is 9.92. The van der Waals surface area contributed by atoms with Crippen LogP contribution in [0.2, 0.25) is 5.02 Å². The minimum Gasteiger partial charge on any atom is -0.391 e. The van der Waals surface area contributed by atoms with Crippen LogP contribution in [0, 0.1) is 0 Å². The molecule has 2 atom stereocenters.